The van der Waals surface area contributed by atoms with Crippen LogP contribution in [0.2, 0.25) is 0 Å². The number of nitrogens with two attached hydrogens (primary N) is 1. The Morgan fingerprint density at radius 3 is 2.33 bits per heavy atom. The van der Waals surface area contributed by atoms with Crippen LogP contribution in [0.3, 0.4) is 0 Å². The van der Waals surface area contributed by atoms with Gasteiger partial charge in [-0.25, -0.2) is 18.5 Å². The molecule has 132 valence electrons. The molecule has 1 atom stereocenters. The maximum atomic E-state index is 12.1. The van der Waals surface area contributed by atoms with Crippen molar-refractivity contribution >= 4 is 31.5 Å². The molecule has 2 rings (SSSR count). The standard InChI is InChI=1S/C13H16N2O6S3/c1-9-3-5-10(6-4-9)24(19,20)21-8-13(2,16)12-15-7-11(22-12)23(14,17)18/h3-7,16H,8H2,1-2H3,(H2,14,17,18)/t13-/m1/s1. The van der Waals surface area contributed by atoms with Crippen molar-refractivity contribution in [1.29, 1.82) is 0 Å². The van der Waals surface area contributed by atoms with Crippen molar-refractivity contribution in [2.24, 2.45) is 5.14 Å². The number of primary sulfonamides is 1. The summed E-state index contributed by atoms with van der Waals surface area (Å²) in [6.45, 7) is 2.46. The van der Waals surface area contributed by atoms with Crippen molar-refractivity contribution in [2.75, 3.05) is 6.61 Å². The Morgan fingerprint density at radius 1 is 1.25 bits per heavy atom. The molecule has 0 aliphatic heterocycles. The molecule has 2 aromatic rings. The molecule has 1 heterocycles. The number of hydrogen-bond donors (Lipinski definition) is 2. The van der Waals surface area contributed by atoms with Crippen LogP contribution in [0.25, 0.3) is 0 Å². The van der Waals surface area contributed by atoms with Crippen LogP contribution in [-0.2, 0) is 29.9 Å². The predicted octanol–water partition coefficient (Wildman–Crippen LogP) is 0.712. The second kappa shape index (κ2) is 6.50. The summed E-state index contributed by atoms with van der Waals surface area (Å²) in [5.74, 6) is 0. The summed E-state index contributed by atoms with van der Waals surface area (Å²) in [5.41, 5.74) is -0.912. The lowest BCUT2D eigenvalue weighted by Crippen LogP contribution is -2.29. The van der Waals surface area contributed by atoms with E-state index < -0.39 is 32.3 Å². The summed E-state index contributed by atoms with van der Waals surface area (Å²) < 4.78 is 51.4. The zero-order valence-electron chi connectivity index (χ0n) is 12.8. The van der Waals surface area contributed by atoms with E-state index in [-0.39, 0.29) is 14.1 Å². The second-order valence-electron chi connectivity index (χ2n) is 5.33. The van der Waals surface area contributed by atoms with Gasteiger partial charge in [0.2, 0.25) is 10.0 Å². The lowest BCUT2D eigenvalue weighted by Gasteiger charge is -2.20. The topological polar surface area (TPSA) is 137 Å². The highest BCUT2D eigenvalue weighted by molar-refractivity contribution is 7.91. The van der Waals surface area contributed by atoms with Crippen LogP contribution in [0.15, 0.2) is 39.6 Å². The van der Waals surface area contributed by atoms with Gasteiger partial charge in [-0.3, -0.25) is 4.18 Å². The SMILES string of the molecule is Cc1ccc(S(=O)(=O)OC[C@@](C)(O)c2ncc(S(N)(=O)=O)s2)cc1. The molecule has 3 N–H and O–H groups in total. The third kappa shape index (κ3) is 4.37. The molecule has 24 heavy (non-hydrogen) atoms. The van der Waals surface area contributed by atoms with E-state index in [0.29, 0.717) is 11.3 Å². The molecular formula is C13H16N2O6S3. The largest absolute Gasteiger partial charge is 0.380 e. The Labute approximate surface area is 144 Å². The molecule has 0 spiro atoms. The molecule has 1 aromatic heterocycles. The number of rotatable bonds is 6. The van der Waals surface area contributed by atoms with Gasteiger partial charge in [0.25, 0.3) is 10.1 Å². The molecule has 0 bridgehead atoms. The third-order valence-corrected chi connectivity index (χ3v) is 6.97. The van der Waals surface area contributed by atoms with E-state index >= 15 is 0 Å². The van der Waals surface area contributed by atoms with Crippen molar-refractivity contribution in [1.82, 2.24) is 4.98 Å². The smallest absolute Gasteiger partial charge is 0.297 e. The fraction of sp³-hybridized carbons (Fsp3) is 0.308. The minimum Gasteiger partial charge on any atom is -0.380 e. The minimum atomic E-state index is -4.07. The summed E-state index contributed by atoms with van der Waals surface area (Å²) in [4.78, 5) is 3.73. The van der Waals surface area contributed by atoms with Crippen molar-refractivity contribution in [3.8, 4) is 0 Å². The van der Waals surface area contributed by atoms with Crippen LogP contribution in [0, 0.1) is 6.92 Å². The second-order valence-corrected chi connectivity index (χ2v) is 9.77. The van der Waals surface area contributed by atoms with Gasteiger partial charge in [-0.2, -0.15) is 8.42 Å². The quantitative estimate of drug-likeness (QED) is 0.691. The van der Waals surface area contributed by atoms with Crippen molar-refractivity contribution in [3.63, 3.8) is 0 Å². The zero-order chi connectivity index (χ0) is 18.2. The molecule has 0 saturated carbocycles. The highest BCUT2D eigenvalue weighted by Crippen LogP contribution is 2.29. The van der Waals surface area contributed by atoms with Gasteiger partial charge >= 0.3 is 0 Å². The van der Waals surface area contributed by atoms with Gasteiger partial charge < -0.3 is 5.11 Å². The van der Waals surface area contributed by atoms with Crippen LogP contribution in [0.5, 0.6) is 0 Å². The fourth-order valence-electron chi connectivity index (χ4n) is 1.67. The van der Waals surface area contributed by atoms with Crippen LogP contribution in [0.1, 0.15) is 17.5 Å². The van der Waals surface area contributed by atoms with E-state index in [0.717, 1.165) is 11.8 Å². The van der Waals surface area contributed by atoms with E-state index in [1.165, 1.54) is 19.1 Å². The lowest BCUT2D eigenvalue weighted by atomic mass is 10.1. The van der Waals surface area contributed by atoms with Crippen LogP contribution >= 0.6 is 11.3 Å². The predicted molar refractivity (Wildman–Crippen MR) is 87.4 cm³/mol. The molecule has 11 heteroatoms. The number of nitrogens with zero attached hydrogens (tertiary/aromatic N) is 1. The van der Waals surface area contributed by atoms with Crippen LogP contribution < -0.4 is 5.14 Å². The average Bonchev–Trinajstić information content (AvgIpc) is 2.97. The highest BCUT2D eigenvalue weighted by atomic mass is 32.2. The normalized spacial score (nSPS) is 15.2. The van der Waals surface area contributed by atoms with E-state index in [1.807, 2.05) is 6.92 Å². The van der Waals surface area contributed by atoms with E-state index in [4.69, 9.17) is 9.32 Å². The van der Waals surface area contributed by atoms with Gasteiger partial charge in [0.05, 0.1) is 11.1 Å². The Balaban J connectivity index is 2.17. The number of aliphatic hydroxyl groups is 1. The Bertz CT molecular complexity index is 930. The number of benzene rings is 1. The first-order chi connectivity index (χ1) is 10.9. The van der Waals surface area contributed by atoms with Gasteiger partial charge in [0, 0.05) is 0 Å². The van der Waals surface area contributed by atoms with E-state index in [9.17, 15) is 21.9 Å². The Hall–Kier alpha value is -1.37. The van der Waals surface area contributed by atoms with Gasteiger partial charge in [0.15, 0.2) is 4.21 Å². The molecule has 0 radical (unpaired) electrons. The molecule has 0 unspecified atom stereocenters. The number of sulfonamides is 1. The number of hydrogen-bond acceptors (Lipinski definition) is 8. The lowest BCUT2D eigenvalue weighted by molar-refractivity contribution is 0.00956. The molecule has 0 fully saturated rings. The molecule has 0 amide bonds. The first-order valence-electron chi connectivity index (χ1n) is 6.59. The van der Waals surface area contributed by atoms with Gasteiger partial charge in [-0.05, 0) is 26.0 Å². The Kier molecular flexibility index (Phi) is 5.14. The van der Waals surface area contributed by atoms with Gasteiger partial charge in [-0.15, -0.1) is 11.3 Å². The van der Waals surface area contributed by atoms with Crippen molar-refractivity contribution in [2.45, 2.75) is 28.6 Å². The Morgan fingerprint density at radius 2 is 1.83 bits per heavy atom. The first-order valence-corrected chi connectivity index (χ1v) is 10.4. The maximum absolute atomic E-state index is 12.1. The maximum Gasteiger partial charge on any atom is 0.297 e. The summed E-state index contributed by atoms with van der Waals surface area (Å²) >= 11 is 0.646. The monoisotopic (exact) mass is 392 g/mol. The summed E-state index contributed by atoms with van der Waals surface area (Å²) in [7, 11) is -8.01. The summed E-state index contributed by atoms with van der Waals surface area (Å²) in [5, 5.41) is 15.3. The molecule has 0 saturated heterocycles. The van der Waals surface area contributed by atoms with Crippen molar-refractivity contribution < 1.29 is 26.1 Å². The number of thiazole rings is 1. The number of aryl methyl sites for hydroxylation is 1. The first kappa shape index (κ1) is 19.0. The molecule has 0 aliphatic rings. The van der Waals surface area contributed by atoms with E-state index in [1.54, 1.807) is 12.1 Å². The molecule has 8 nitrogen and oxygen atoms in total. The third-order valence-electron chi connectivity index (χ3n) is 3.03. The minimum absolute atomic E-state index is 0.0226. The summed E-state index contributed by atoms with van der Waals surface area (Å²) in [6.07, 6.45) is 0.998. The molecule has 0 aliphatic carbocycles. The average molecular weight is 392 g/mol. The molecular weight excluding hydrogens is 376 g/mol. The number of aromatic nitrogens is 1. The summed E-state index contributed by atoms with van der Waals surface area (Å²) in [6, 6.07) is 6.02. The van der Waals surface area contributed by atoms with Gasteiger partial charge in [0.1, 0.15) is 17.2 Å². The van der Waals surface area contributed by atoms with Crippen molar-refractivity contribution in [3.05, 3.63) is 41.0 Å². The zero-order valence-corrected chi connectivity index (χ0v) is 15.3. The van der Waals surface area contributed by atoms with Crippen LogP contribution in [0.4, 0.5) is 0 Å². The fourth-order valence-corrected chi connectivity index (χ4v) is 4.24. The van der Waals surface area contributed by atoms with E-state index in [2.05, 4.69) is 4.98 Å². The van der Waals surface area contributed by atoms with Gasteiger partial charge in [-0.1, -0.05) is 17.7 Å². The van der Waals surface area contributed by atoms with Crippen LogP contribution in [-0.4, -0.2) is 33.5 Å². The highest BCUT2D eigenvalue weighted by Gasteiger charge is 2.31. The molecule has 1 aromatic carbocycles.